The third kappa shape index (κ3) is 3.48. The highest BCUT2D eigenvalue weighted by Gasteiger charge is 2.20. The van der Waals surface area contributed by atoms with E-state index in [9.17, 15) is 4.39 Å². The van der Waals surface area contributed by atoms with E-state index >= 15 is 0 Å². The third-order valence-corrected chi connectivity index (χ3v) is 4.52. The Morgan fingerprint density at radius 1 is 1.35 bits per heavy atom. The van der Waals surface area contributed by atoms with Crippen LogP contribution in [0.25, 0.3) is 0 Å². The highest BCUT2D eigenvalue weighted by Crippen LogP contribution is 2.28. The number of nitrogens with zero attached hydrogens (tertiary/aromatic N) is 1. The summed E-state index contributed by atoms with van der Waals surface area (Å²) in [4.78, 5) is 2.39. The Morgan fingerprint density at radius 3 is 2.70 bits per heavy atom. The Bertz CT molecular complexity index is 487. The second-order valence-electron chi connectivity index (χ2n) is 5.95. The number of anilines is 1. The predicted octanol–water partition coefficient (Wildman–Crippen LogP) is 3.72. The zero-order chi connectivity index (χ0) is 14.7. The molecule has 0 aliphatic carbocycles. The van der Waals surface area contributed by atoms with Gasteiger partial charge in [0.05, 0.1) is 0 Å². The van der Waals surface area contributed by atoms with Crippen molar-refractivity contribution in [3.05, 3.63) is 29.6 Å². The lowest BCUT2D eigenvalue weighted by molar-refractivity contribution is 0.351. The van der Waals surface area contributed by atoms with Gasteiger partial charge in [-0.3, -0.25) is 0 Å². The molecule has 0 radical (unpaired) electrons. The van der Waals surface area contributed by atoms with Crippen molar-refractivity contribution in [1.29, 1.82) is 0 Å². The second-order valence-corrected chi connectivity index (χ2v) is 6.39. The van der Waals surface area contributed by atoms with Gasteiger partial charge in [-0.1, -0.05) is 26.1 Å². The van der Waals surface area contributed by atoms with Crippen LogP contribution in [0.5, 0.6) is 0 Å². The smallest absolute Gasteiger partial charge is 0.135 e. The van der Waals surface area contributed by atoms with E-state index in [0.29, 0.717) is 5.56 Å². The molecule has 0 saturated carbocycles. The molecule has 0 aromatic heterocycles. The van der Waals surface area contributed by atoms with Gasteiger partial charge in [-0.2, -0.15) is 0 Å². The van der Waals surface area contributed by atoms with Crippen LogP contribution in [0, 0.1) is 17.7 Å². The van der Waals surface area contributed by atoms with Gasteiger partial charge in [0, 0.05) is 24.3 Å². The SMILES string of the molecule is CC(C)C1CCCN(c2ccc(C(N)=S)c(F)c2)CC1. The molecular formula is C16H23FN2S. The fourth-order valence-electron chi connectivity index (χ4n) is 2.95. The zero-order valence-electron chi connectivity index (χ0n) is 12.2. The molecule has 2 rings (SSSR count). The van der Waals surface area contributed by atoms with Crippen molar-refractivity contribution in [3.63, 3.8) is 0 Å². The minimum atomic E-state index is -0.320. The summed E-state index contributed by atoms with van der Waals surface area (Å²) in [5.74, 6) is 1.18. The minimum absolute atomic E-state index is 0.116. The fourth-order valence-corrected chi connectivity index (χ4v) is 3.11. The van der Waals surface area contributed by atoms with E-state index in [2.05, 4.69) is 18.7 Å². The number of hydrogen-bond donors (Lipinski definition) is 1. The first-order chi connectivity index (χ1) is 9.49. The lowest BCUT2D eigenvalue weighted by Gasteiger charge is -2.24. The summed E-state index contributed by atoms with van der Waals surface area (Å²) in [6, 6.07) is 5.18. The maximum atomic E-state index is 14.0. The molecule has 2 nitrogen and oxygen atoms in total. The van der Waals surface area contributed by atoms with Crippen LogP contribution < -0.4 is 10.6 Å². The average molecular weight is 294 g/mol. The van der Waals surface area contributed by atoms with Crippen LogP contribution in [0.15, 0.2) is 18.2 Å². The lowest BCUT2D eigenvalue weighted by Crippen LogP contribution is -2.25. The van der Waals surface area contributed by atoms with Crippen LogP contribution in [-0.4, -0.2) is 18.1 Å². The molecule has 0 amide bonds. The van der Waals surface area contributed by atoms with Crippen LogP contribution in [0.4, 0.5) is 10.1 Å². The van der Waals surface area contributed by atoms with Gasteiger partial charge in [-0.25, -0.2) is 4.39 Å². The molecule has 1 fully saturated rings. The van der Waals surface area contributed by atoms with E-state index < -0.39 is 0 Å². The van der Waals surface area contributed by atoms with Crippen LogP contribution in [0.1, 0.15) is 38.7 Å². The molecule has 1 aromatic rings. The predicted molar refractivity (Wildman–Crippen MR) is 86.7 cm³/mol. The molecule has 2 N–H and O–H groups in total. The monoisotopic (exact) mass is 294 g/mol. The summed E-state index contributed by atoms with van der Waals surface area (Å²) in [6.45, 7) is 6.57. The molecule has 1 aliphatic rings. The maximum Gasteiger partial charge on any atom is 0.135 e. The molecule has 0 bridgehead atoms. The zero-order valence-corrected chi connectivity index (χ0v) is 13.0. The highest BCUT2D eigenvalue weighted by atomic mass is 32.1. The number of thiocarbonyl (C=S) groups is 1. The summed E-state index contributed by atoms with van der Waals surface area (Å²) in [6.07, 6.45) is 3.61. The van der Waals surface area contributed by atoms with Gasteiger partial charge in [0.25, 0.3) is 0 Å². The van der Waals surface area contributed by atoms with E-state index in [-0.39, 0.29) is 10.8 Å². The first-order valence-electron chi connectivity index (χ1n) is 7.33. The van der Waals surface area contributed by atoms with E-state index in [1.165, 1.54) is 19.3 Å². The minimum Gasteiger partial charge on any atom is -0.389 e. The molecule has 20 heavy (non-hydrogen) atoms. The molecule has 0 spiro atoms. The van der Waals surface area contributed by atoms with Gasteiger partial charge < -0.3 is 10.6 Å². The van der Waals surface area contributed by atoms with Gasteiger partial charge in [-0.05, 0) is 49.3 Å². The quantitative estimate of drug-likeness (QED) is 0.862. The Labute approximate surface area is 126 Å². The van der Waals surface area contributed by atoms with Crippen molar-refractivity contribution < 1.29 is 4.39 Å². The van der Waals surface area contributed by atoms with E-state index in [0.717, 1.165) is 30.6 Å². The molecule has 1 unspecified atom stereocenters. The summed E-state index contributed by atoms with van der Waals surface area (Å²) >= 11 is 4.84. The van der Waals surface area contributed by atoms with Crippen molar-refractivity contribution in [3.8, 4) is 0 Å². The van der Waals surface area contributed by atoms with Gasteiger partial charge in [0.15, 0.2) is 0 Å². The second kappa shape index (κ2) is 6.53. The molecule has 4 heteroatoms. The van der Waals surface area contributed by atoms with Crippen molar-refractivity contribution in [1.82, 2.24) is 0 Å². The third-order valence-electron chi connectivity index (χ3n) is 4.30. The lowest BCUT2D eigenvalue weighted by atomic mass is 9.89. The first-order valence-corrected chi connectivity index (χ1v) is 7.74. The van der Waals surface area contributed by atoms with Crippen LogP contribution in [0.3, 0.4) is 0 Å². The molecule has 1 atom stereocenters. The number of halogens is 1. The molecular weight excluding hydrogens is 271 g/mol. The van der Waals surface area contributed by atoms with Gasteiger partial charge in [0.1, 0.15) is 10.8 Å². The van der Waals surface area contributed by atoms with Crippen LogP contribution >= 0.6 is 12.2 Å². The standard InChI is InChI=1S/C16H23FN2S/c1-11(2)12-4-3-8-19(9-7-12)13-5-6-14(16(18)20)15(17)10-13/h5-6,10-12H,3-4,7-9H2,1-2H3,(H2,18,20). The van der Waals surface area contributed by atoms with Gasteiger partial charge in [0.2, 0.25) is 0 Å². The van der Waals surface area contributed by atoms with E-state index in [1.807, 2.05) is 6.07 Å². The highest BCUT2D eigenvalue weighted by molar-refractivity contribution is 7.80. The maximum absolute atomic E-state index is 14.0. The van der Waals surface area contributed by atoms with E-state index in [1.54, 1.807) is 12.1 Å². The molecule has 1 saturated heterocycles. The number of benzene rings is 1. The van der Waals surface area contributed by atoms with Crippen LogP contribution in [-0.2, 0) is 0 Å². The van der Waals surface area contributed by atoms with Crippen molar-refractivity contribution in [2.75, 3.05) is 18.0 Å². The molecule has 1 aliphatic heterocycles. The van der Waals surface area contributed by atoms with Crippen molar-refractivity contribution in [2.45, 2.75) is 33.1 Å². The van der Waals surface area contributed by atoms with Gasteiger partial charge >= 0.3 is 0 Å². The Hall–Kier alpha value is -1.16. The Morgan fingerprint density at radius 2 is 2.10 bits per heavy atom. The summed E-state index contributed by atoms with van der Waals surface area (Å²) in [5.41, 5.74) is 6.77. The van der Waals surface area contributed by atoms with Gasteiger partial charge in [-0.15, -0.1) is 0 Å². The van der Waals surface area contributed by atoms with Crippen molar-refractivity contribution >= 4 is 22.9 Å². The number of nitrogens with two attached hydrogens (primary N) is 1. The average Bonchev–Trinajstić information content (AvgIpc) is 2.63. The molecule has 110 valence electrons. The largest absolute Gasteiger partial charge is 0.389 e. The fraction of sp³-hybridized carbons (Fsp3) is 0.562. The van der Waals surface area contributed by atoms with Crippen LogP contribution in [0.2, 0.25) is 0 Å². The summed E-state index contributed by atoms with van der Waals surface area (Å²) in [5, 5.41) is 0. The Kier molecular flexibility index (Phi) is 4.97. The summed E-state index contributed by atoms with van der Waals surface area (Å²) < 4.78 is 14.0. The normalized spacial score (nSPS) is 20.0. The molecule has 1 aromatic carbocycles. The first kappa shape index (κ1) is 15.2. The van der Waals surface area contributed by atoms with Crippen molar-refractivity contribution in [2.24, 2.45) is 17.6 Å². The molecule has 1 heterocycles. The van der Waals surface area contributed by atoms with E-state index in [4.69, 9.17) is 18.0 Å². The number of rotatable bonds is 3. The number of hydrogen-bond acceptors (Lipinski definition) is 2. The summed E-state index contributed by atoms with van der Waals surface area (Å²) in [7, 11) is 0. The topological polar surface area (TPSA) is 29.3 Å². The Balaban J connectivity index is 2.12.